The van der Waals surface area contributed by atoms with Crippen molar-refractivity contribution in [2.24, 2.45) is 11.3 Å². The number of carbonyl (C=O) groups is 2. The third-order valence-corrected chi connectivity index (χ3v) is 5.62. The van der Waals surface area contributed by atoms with Crippen molar-refractivity contribution in [3.63, 3.8) is 0 Å². The lowest BCUT2D eigenvalue weighted by Crippen LogP contribution is -2.42. The van der Waals surface area contributed by atoms with Crippen LogP contribution in [0.3, 0.4) is 0 Å². The molecule has 0 radical (unpaired) electrons. The Morgan fingerprint density at radius 1 is 1.31 bits per heavy atom. The van der Waals surface area contributed by atoms with E-state index in [1.807, 2.05) is 12.1 Å². The standard InChI is InChI=1S/C21H31N3O2/c1-4-24(14-15-12-21(2,3)13-15)10-9-22-20(26)17-5-7-18-16(11-17)6-8-19(25)23-18/h5,7,11,15H,4,6,8-10,12-14H2,1-3H3,(H,22,26)(H,23,25). The lowest BCUT2D eigenvalue weighted by Gasteiger charge is -2.44. The highest BCUT2D eigenvalue weighted by Gasteiger charge is 2.36. The number of aryl methyl sites for hydroxylation is 1. The van der Waals surface area contributed by atoms with E-state index in [1.54, 1.807) is 6.07 Å². The molecule has 26 heavy (non-hydrogen) atoms. The molecule has 0 aromatic heterocycles. The molecule has 1 aliphatic heterocycles. The number of fused-ring (bicyclic) bond motifs is 1. The van der Waals surface area contributed by atoms with Gasteiger partial charge in [-0.1, -0.05) is 20.8 Å². The fourth-order valence-corrected chi connectivity index (χ4v) is 4.33. The minimum atomic E-state index is -0.0365. The first-order chi connectivity index (χ1) is 12.4. The fraction of sp³-hybridized carbons (Fsp3) is 0.619. The first-order valence-corrected chi connectivity index (χ1v) is 9.79. The summed E-state index contributed by atoms with van der Waals surface area (Å²) in [6.07, 6.45) is 3.80. The highest BCUT2D eigenvalue weighted by atomic mass is 16.2. The third kappa shape index (κ3) is 4.64. The van der Waals surface area contributed by atoms with Crippen molar-refractivity contribution < 1.29 is 9.59 Å². The second kappa shape index (κ2) is 7.78. The van der Waals surface area contributed by atoms with Crippen molar-refractivity contribution in [2.45, 2.75) is 46.5 Å². The molecule has 1 fully saturated rings. The summed E-state index contributed by atoms with van der Waals surface area (Å²) in [5.41, 5.74) is 3.06. The molecule has 2 aliphatic rings. The zero-order chi connectivity index (χ0) is 18.7. The summed E-state index contributed by atoms with van der Waals surface area (Å²) in [6, 6.07) is 5.52. The Labute approximate surface area is 156 Å². The topological polar surface area (TPSA) is 61.4 Å². The fourth-order valence-electron chi connectivity index (χ4n) is 4.33. The van der Waals surface area contributed by atoms with E-state index in [-0.39, 0.29) is 11.8 Å². The van der Waals surface area contributed by atoms with Crippen molar-refractivity contribution in [1.82, 2.24) is 10.2 Å². The summed E-state index contributed by atoms with van der Waals surface area (Å²) in [4.78, 5) is 26.3. The average Bonchev–Trinajstić information content (AvgIpc) is 2.58. The molecule has 1 saturated carbocycles. The predicted octanol–water partition coefficient (Wildman–Crippen LogP) is 3.06. The van der Waals surface area contributed by atoms with Crippen LogP contribution in [0.5, 0.6) is 0 Å². The van der Waals surface area contributed by atoms with Gasteiger partial charge < -0.3 is 15.5 Å². The number of rotatable bonds is 7. The predicted molar refractivity (Wildman–Crippen MR) is 104 cm³/mol. The van der Waals surface area contributed by atoms with Gasteiger partial charge in [-0.2, -0.15) is 0 Å². The minimum Gasteiger partial charge on any atom is -0.351 e. The molecule has 0 unspecified atom stereocenters. The van der Waals surface area contributed by atoms with Gasteiger partial charge in [0.05, 0.1) is 0 Å². The van der Waals surface area contributed by atoms with Crippen LogP contribution in [0, 0.1) is 11.3 Å². The van der Waals surface area contributed by atoms with E-state index in [2.05, 4.69) is 36.3 Å². The minimum absolute atomic E-state index is 0.0365. The van der Waals surface area contributed by atoms with Gasteiger partial charge in [-0.3, -0.25) is 9.59 Å². The Hall–Kier alpha value is -1.88. The van der Waals surface area contributed by atoms with Crippen LogP contribution in [0.4, 0.5) is 5.69 Å². The normalized spacial score (nSPS) is 18.8. The summed E-state index contributed by atoms with van der Waals surface area (Å²) < 4.78 is 0. The lowest BCUT2D eigenvalue weighted by atomic mass is 9.64. The largest absolute Gasteiger partial charge is 0.351 e. The zero-order valence-corrected chi connectivity index (χ0v) is 16.2. The molecule has 2 N–H and O–H groups in total. The van der Waals surface area contributed by atoms with Crippen LogP contribution >= 0.6 is 0 Å². The Balaban J connectivity index is 1.45. The smallest absolute Gasteiger partial charge is 0.251 e. The average molecular weight is 357 g/mol. The van der Waals surface area contributed by atoms with Gasteiger partial charge in [-0.15, -0.1) is 0 Å². The summed E-state index contributed by atoms with van der Waals surface area (Å²) in [5.74, 6) is 0.811. The van der Waals surface area contributed by atoms with Crippen LogP contribution < -0.4 is 10.6 Å². The van der Waals surface area contributed by atoms with Crippen LogP contribution in [-0.2, 0) is 11.2 Å². The maximum absolute atomic E-state index is 12.4. The molecule has 0 spiro atoms. The molecule has 2 amide bonds. The van der Waals surface area contributed by atoms with Gasteiger partial charge in [0.15, 0.2) is 0 Å². The molecule has 0 saturated heterocycles. The number of benzene rings is 1. The van der Waals surface area contributed by atoms with Crippen LogP contribution in [-0.4, -0.2) is 42.9 Å². The van der Waals surface area contributed by atoms with Crippen molar-refractivity contribution in [1.29, 1.82) is 0 Å². The van der Waals surface area contributed by atoms with Crippen molar-refractivity contribution >= 4 is 17.5 Å². The Bertz CT molecular complexity index is 676. The van der Waals surface area contributed by atoms with Gasteiger partial charge in [0, 0.05) is 37.3 Å². The van der Waals surface area contributed by atoms with Gasteiger partial charge in [-0.05, 0) is 60.9 Å². The summed E-state index contributed by atoms with van der Waals surface area (Å²) in [5, 5.41) is 5.89. The molecule has 1 aliphatic carbocycles. The lowest BCUT2D eigenvalue weighted by molar-refractivity contribution is -0.116. The highest BCUT2D eigenvalue weighted by molar-refractivity contribution is 5.97. The van der Waals surface area contributed by atoms with Gasteiger partial charge in [0.25, 0.3) is 5.91 Å². The SMILES string of the molecule is CCN(CCNC(=O)c1ccc2c(c1)CCC(=O)N2)CC1CC(C)(C)C1. The van der Waals surface area contributed by atoms with E-state index in [1.165, 1.54) is 12.8 Å². The van der Waals surface area contributed by atoms with Crippen LogP contribution in [0.2, 0.25) is 0 Å². The zero-order valence-electron chi connectivity index (χ0n) is 16.2. The molecular formula is C21H31N3O2. The van der Waals surface area contributed by atoms with Crippen molar-refractivity contribution in [3.05, 3.63) is 29.3 Å². The molecule has 1 aromatic rings. The van der Waals surface area contributed by atoms with Crippen molar-refractivity contribution in [2.75, 3.05) is 31.5 Å². The van der Waals surface area contributed by atoms with E-state index in [9.17, 15) is 9.59 Å². The molecule has 142 valence electrons. The second-order valence-corrected chi connectivity index (χ2v) is 8.51. The molecular weight excluding hydrogens is 326 g/mol. The van der Waals surface area contributed by atoms with Gasteiger partial charge in [0.2, 0.25) is 5.91 Å². The summed E-state index contributed by atoms with van der Waals surface area (Å²) in [6.45, 7) is 10.6. The number of carbonyl (C=O) groups excluding carboxylic acids is 2. The van der Waals surface area contributed by atoms with Crippen LogP contribution in [0.25, 0.3) is 0 Å². The van der Waals surface area contributed by atoms with Crippen molar-refractivity contribution in [3.8, 4) is 0 Å². The number of anilines is 1. The number of likely N-dealkylation sites (N-methyl/N-ethyl adjacent to an activating group) is 1. The number of hydrogen-bond acceptors (Lipinski definition) is 3. The monoisotopic (exact) mass is 357 g/mol. The maximum atomic E-state index is 12.4. The number of amides is 2. The maximum Gasteiger partial charge on any atom is 0.251 e. The third-order valence-electron chi connectivity index (χ3n) is 5.62. The quantitative estimate of drug-likeness (QED) is 0.788. The van der Waals surface area contributed by atoms with E-state index in [0.717, 1.165) is 36.8 Å². The van der Waals surface area contributed by atoms with Crippen LogP contribution in [0.1, 0.15) is 56.0 Å². The van der Waals surface area contributed by atoms with E-state index in [0.29, 0.717) is 30.4 Å². The summed E-state index contributed by atoms with van der Waals surface area (Å²) >= 11 is 0. The first kappa shape index (κ1) is 18.9. The molecule has 0 bridgehead atoms. The molecule has 3 rings (SSSR count). The number of hydrogen-bond donors (Lipinski definition) is 2. The first-order valence-electron chi connectivity index (χ1n) is 9.79. The van der Waals surface area contributed by atoms with E-state index >= 15 is 0 Å². The van der Waals surface area contributed by atoms with Gasteiger partial charge in [0.1, 0.15) is 0 Å². The highest BCUT2D eigenvalue weighted by Crippen LogP contribution is 2.44. The van der Waals surface area contributed by atoms with E-state index in [4.69, 9.17) is 0 Å². The summed E-state index contributed by atoms with van der Waals surface area (Å²) in [7, 11) is 0. The van der Waals surface area contributed by atoms with Gasteiger partial charge in [-0.25, -0.2) is 0 Å². The van der Waals surface area contributed by atoms with Crippen LogP contribution in [0.15, 0.2) is 18.2 Å². The Morgan fingerprint density at radius 3 is 2.77 bits per heavy atom. The van der Waals surface area contributed by atoms with Gasteiger partial charge >= 0.3 is 0 Å². The number of nitrogens with one attached hydrogen (secondary N) is 2. The Morgan fingerprint density at radius 2 is 2.08 bits per heavy atom. The van der Waals surface area contributed by atoms with E-state index < -0.39 is 0 Å². The molecule has 5 nitrogen and oxygen atoms in total. The number of nitrogens with zero attached hydrogens (tertiary/aromatic N) is 1. The second-order valence-electron chi connectivity index (χ2n) is 8.51. The molecule has 5 heteroatoms. The molecule has 0 atom stereocenters. The Kier molecular flexibility index (Phi) is 5.66. The molecule has 1 heterocycles. The molecule has 1 aromatic carbocycles.